The van der Waals surface area contributed by atoms with E-state index in [9.17, 15) is 0 Å². The molecule has 0 aliphatic carbocycles. The van der Waals surface area contributed by atoms with Crippen molar-refractivity contribution < 1.29 is 13.9 Å². The van der Waals surface area contributed by atoms with Crippen LogP contribution in [0.1, 0.15) is 11.5 Å². The smallest absolute Gasteiger partial charge is 0.276 e. The van der Waals surface area contributed by atoms with E-state index in [-0.39, 0.29) is 0 Å². The Kier molecular flexibility index (Phi) is 4.82. The lowest BCUT2D eigenvalue weighted by atomic mass is 10.2. The molecule has 3 rings (SSSR count). The maximum absolute atomic E-state index is 6.21. The van der Waals surface area contributed by atoms with Crippen LogP contribution in [0.5, 0.6) is 11.5 Å². The third-order valence-corrected chi connectivity index (χ3v) is 4.44. The summed E-state index contributed by atoms with van der Waals surface area (Å²) >= 11 is 9.33. The van der Waals surface area contributed by atoms with Crippen molar-refractivity contribution in [1.82, 2.24) is 10.2 Å². The Morgan fingerprint density at radius 3 is 2.90 bits per heavy atom. The Labute approximate surface area is 135 Å². The average molecular weight is 345 g/mol. The average Bonchev–Trinajstić information content (AvgIpc) is 2.93. The van der Waals surface area contributed by atoms with Gasteiger partial charge in [-0.25, -0.2) is 0 Å². The SMILES string of the molecule is CSCc1nnc(SCc2cc(Cl)c3c(c2)OCCO3)o1. The summed E-state index contributed by atoms with van der Waals surface area (Å²) in [6.07, 6.45) is 1.99. The molecule has 0 saturated carbocycles. The van der Waals surface area contributed by atoms with Gasteiger partial charge in [0.1, 0.15) is 13.2 Å². The van der Waals surface area contributed by atoms with Gasteiger partial charge in [-0.05, 0) is 24.0 Å². The molecule has 0 unspecified atom stereocenters. The van der Waals surface area contributed by atoms with Gasteiger partial charge in [0.25, 0.3) is 5.22 Å². The van der Waals surface area contributed by atoms with Crippen LogP contribution in [0.2, 0.25) is 5.02 Å². The molecule has 2 aromatic rings. The number of ether oxygens (including phenoxy) is 2. The van der Waals surface area contributed by atoms with Crippen molar-refractivity contribution in [2.24, 2.45) is 0 Å². The third-order valence-electron chi connectivity index (χ3n) is 2.74. The number of hydrogen-bond acceptors (Lipinski definition) is 7. The molecule has 0 fully saturated rings. The topological polar surface area (TPSA) is 57.4 Å². The fraction of sp³-hybridized carbons (Fsp3) is 0.385. The van der Waals surface area contributed by atoms with Gasteiger partial charge >= 0.3 is 0 Å². The molecular formula is C13H13ClN2O3S2. The molecule has 0 radical (unpaired) electrons. The summed E-state index contributed by atoms with van der Waals surface area (Å²) in [7, 11) is 0. The van der Waals surface area contributed by atoms with E-state index in [1.807, 2.05) is 18.4 Å². The summed E-state index contributed by atoms with van der Waals surface area (Å²) in [5, 5.41) is 9.11. The Bertz CT molecular complexity index is 636. The molecule has 21 heavy (non-hydrogen) atoms. The minimum atomic E-state index is 0.529. The normalized spacial score (nSPS) is 13.4. The van der Waals surface area contributed by atoms with E-state index in [0.717, 1.165) is 11.3 Å². The summed E-state index contributed by atoms with van der Waals surface area (Å²) in [5.74, 6) is 3.36. The van der Waals surface area contributed by atoms with Crippen LogP contribution < -0.4 is 9.47 Å². The zero-order chi connectivity index (χ0) is 14.7. The summed E-state index contributed by atoms with van der Waals surface area (Å²) in [4.78, 5) is 0. The molecule has 1 aromatic heterocycles. The van der Waals surface area contributed by atoms with Crippen molar-refractivity contribution in [3.63, 3.8) is 0 Å². The third kappa shape index (κ3) is 3.59. The van der Waals surface area contributed by atoms with Crippen molar-refractivity contribution in [3.05, 3.63) is 28.6 Å². The van der Waals surface area contributed by atoms with Gasteiger partial charge in [-0.15, -0.1) is 10.2 Å². The standard InChI is InChI=1S/C13H13ClN2O3S2/c1-20-7-11-15-16-13(19-11)21-6-8-4-9(14)12-10(5-8)17-2-3-18-12/h4-5H,2-3,6-7H2,1H3. The lowest BCUT2D eigenvalue weighted by Gasteiger charge is -2.20. The monoisotopic (exact) mass is 344 g/mol. The highest BCUT2D eigenvalue weighted by atomic mass is 35.5. The summed E-state index contributed by atoms with van der Waals surface area (Å²) in [6, 6.07) is 3.81. The Morgan fingerprint density at radius 1 is 1.19 bits per heavy atom. The highest BCUT2D eigenvalue weighted by Gasteiger charge is 2.17. The van der Waals surface area contributed by atoms with Crippen molar-refractivity contribution in [2.75, 3.05) is 19.5 Å². The van der Waals surface area contributed by atoms with E-state index in [0.29, 0.717) is 46.6 Å². The molecule has 2 heterocycles. The maximum atomic E-state index is 6.21. The molecule has 1 aromatic carbocycles. The molecule has 112 valence electrons. The first kappa shape index (κ1) is 14.9. The van der Waals surface area contributed by atoms with Crippen LogP contribution in [0, 0.1) is 0 Å². The second-order valence-corrected chi connectivity index (χ2v) is 6.49. The summed E-state index contributed by atoms with van der Waals surface area (Å²) in [6.45, 7) is 1.07. The first-order valence-electron chi connectivity index (χ1n) is 6.28. The van der Waals surface area contributed by atoms with Gasteiger partial charge in [-0.3, -0.25) is 0 Å². The van der Waals surface area contributed by atoms with Crippen molar-refractivity contribution >= 4 is 35.1 Å². The molecule has 1 aliphatic rings. The number of rotatable bonds is 5. The summed E-state index contributed by atoms with van der Waals surface area (Å²) < 4.78 is 16.6. The minimum absolute atomic E-state index is 0.529. The van der Waals surface area contributed by atoms with E-state index in [2.05, 4.69) is 10.2 Å². The van der Waals surface area contributed by atoms with Crippen LogP contribution in [-0.4, -0.2) is 29.7 Å². The number of fused-ring (bicyclic) bond motifs is 1. The maximum Gasteiger partial charge on any atom is 0.276 e. The van der Waals surface area contributed by atoms with Crippen LogP contribution in [-0.2, 0) is 11.5 Å². The Hall–Kier alpha value is -1.05. The number of hydrogen-bond donors (Lipinski definition) is 0. The lowest BCUT2D eigenvalue weighted by molar-refractivity contribution is 0.171. The predicted octanol–water partition coefficient (Wildman–Crippen LogP) is 3.65. The van der Waals surface area contributed by atoms with Gasteiger partial charge in [0, 0.05) is 5.75 Å². The van der Waals surface area contributed by atoms with Crippen molar-refractivity contribution in [1.29, 1.82) is 0 Å². The van der Waals surface area contributed by atoms with Crippen LogP contribution in [0.3, 0.4) is 0 Å². The van der Waals surface area contributed by atoms with Gasteiger partial charge < -0.3 is 13.9 Å². The number of halogens is 1. The molecule has 0 atom stereocenters. The van der Waals surface area contributed by atoms with Gasteiger partial charge in [0.15, 0.2) is 11.5 Å². The molecule has 0 N–H and O–H groups in total. The van der Waals surface area contributed by atoms with E-state index in [4.69, 9.17) is 25.5 Å². The highest BCUT2D eigenvalue weighted by Crippen LogP contribution is 2.39. The number of nitrogens with zero attached hydrogens (tertiary/aromatic N) is 2. The van der Waals surface area contributed by atoms with Crippen LogP contribution in [0.4, 0.5) is 0 Å². The van der Waals surface area contributed by atoms with Crippen LogP contribution in [0.25, 0.3) is 0 Å². The van der Waals surface area contributed by atoms with Gasteiger partial charge in [0.2, 0.25) is 5.89 Å². The molecule has 0 bridgehead atoms. The van der Waals surface area contributed by atoms with Crippen LogP contribution >= 0.6 is 35.1 Å². The van der Waals surface area contributed by atoms with E-state index >= 15 is 0 Å². The highest BCUT2D eigenvalue weighted by molar-refractivity contribution is 7.98. The van der Waals surface area contributed by atoms with E-state index in [1.54, 1.807) is 11.8 Å². The number of thioether (sulfide) groups is 2. The fourth-order valence-corrected chi connectivity index (χ4v) is 3.23. The Balaban J connectivity index is 1.68. The number of benzene rings is 1. The minimum Gasteiger partial charge on any atom is -0.486 e. The quantitative estimate of drug-likeness (QED) is 0.767. The van der Waals surface area contributed by atoms with E-state index in [1.165, 1.54) is 11.8 Å². The fourth-order valence-electron chi connectivity index (χ4n) is 1.87. The van der Waals surface area contributed by atoms with E-state index < -0.39 is 0 Å². The molecule has 0 saturated heterocycles. The molecule has 0 spiro atoms. The molecule has 8 heteroatoms. The second-order valence-electron chi connectivity index (χ2n) is 4.29. The first-order chi connectivity index (χ1) is 10.3. The van der Waals surface area contributed by atoms with Gasteiger partial charge in [0.05, 0.1) is 10.8 Å². The van der Waals surface area contributed by atoms with Crippen molar-refractivity contribution in [3.8, 4) is 11.5 Å². The zero-order valence-corrected chi connectivity index (χ0v) is 13.7. The first-order valence-corrected chi connectivity index (χ1v) is 9.04. The molecule has 5 nitrogen and oxygen atoms in total. The second kappa shape index (κ2) is 6.81. The summed E-state index contributed by atoms with van der Waals surface area (Å²) in [5.41, 5.74) is 1.03. The number of aromatic nitrogens is 2. The predicted molar refractivity (Wildman–Crippen MR) is 83.5 cm³/mol. The zero-order valence-electron chi connectivity index (χ0n) is 11.3. The van der Waals surface area contributed by atoms with Crippen LogP contribution in [0.15, 0.2) is 21.8 Å². The van der Waals surface area contributed by atoms with Gasteiger partial charge in [-0.2, -0.15) is 11.8 Å². The van der Waals surface area contributed by atoms with Gasteiger partial charge in [-0.1, -0.05) is 23.4 Å². The molecule has 1 aliphatic heterocycles. The molecular weight excluding hydrogens is 332 g/mol. The molecule has 0 amide bonds. The largest absolute Gasteiger partial charge is 0.486 e. The lowest BCUT2D eigenvalue weighted by Crippen LogP contribution is -2.15. The van der Waals surface area contributed by atoms with Crippen molar-refractivity contribution in [2.45, 2.75) is 16.7 Å². The Morgan fingerprint density at radius 2 is 2.05 bits per heavy atom.